The molecule has 0 fully saturated rings. The molecule has 0 heterocycles. The van der Waals surface area contributed by atoms with Gasteiger partial charge in [0, 0.05) is 5.41 Å². The molecule has 0 saturated heterocycles. The van der Waals surface area contributed by atoms with Crippen molar-refractivity contribution in [3.63, 3.8) is 0 Å². The molecule has 0 radical (unpaired) electrons. The van der Waals surface area contributed by atoms with Crippen LogP contribution in [0.25, 0.3) is 0 Å². The van der Waals surface area contributed by atoms with Crippen LogP contribution < -0.4 is 5.32 Å². The zero-order chi connectivity index (χ0) is 17.4. The Balaban J connectivity index is 3.68. The maximum Gasteiger partial charge on any atom is 0.325 e. The highest BCUT2D eigenvalue weighted by Crippen LogP contribution is 2.31. The van der Waals surface area contributed by atoms with E-state index in [1.807, 2.05) is 20.8 Å². The van der Waals surface area contributed by atoms with Gasteiger partial charge >= 0.3 is 5.97 Å². The number of hydrogen-bond donors (Lipinski definition) is 1. The van der Waals surface area contributed by atoms with E-state index in [4.69, 9.17) is 4.74 Å². The molecule has 0 aromatic heterocycles. The first kappa shape index (κ1) is 20.9. The van der Waals surface area contributed by atoms with Crippen LogP contribution >= 0.6 is 0 Å². The molecule has 0 aromatic carbocycles. The summed E-state index contributed by atoms with van der Waals surface area (Å²) in [5, 5.41) is 2.59. The first-order chi connectivity index (χ1) is 9.97. The maximum absolute atomic E-state index is 11.6. The average Bonchev–Trinajstić information content (AvgIpc) is 2.38. The zero-order valence-electron chi connectivity index (χ0n) is 15.5. The molecule has 1 amide bonds. The van der Waals surface area contributed by atoms with Crippen LogP contribution in [0.1, 0.15) is 74.1 Å². The fourth-order valence-electron chi connectivity index (χ4n) is 1.80. The Hall–Kier alpha value is -1.06. The van der Waals surface area contributed by atoms with E-state index in [0.717, 1.165) is 19.3 Å². The summed E-state index contributed by atoms with van der Waals surface area (Å²) in [6, 6.07) is 0. The second-order valence-electron chi connectivity index (χ2n) is 8.11. The summed E-state index contributed by atoms with van der Waals surface area (Å²) < 4.78 is 5.13. The molecule has 4 heteroatoms. The number of unbranched alkanes of at least 4 members (excludes halogenated alkanes) is 2. The Kier molecular flexibility index (Phi) is 8.72. The van der Waals surface area contributed by atoms with Gasteiger partial charge < -0.3 is 10.1 Å². The third kappa shape index (κ3) is 9.06. The summed E-state index contributed by atoms with van der Waals surface area (Å²) in [6.07, 6.45) is 4.30. The zero-order valence-corrected chi connectivity index (χ0v) is 15.5. The SMILES string of the molecule is CC(C)C(C)(C)CCCCCOC(=O)CNC(=O)C(C)(C)C. The van der Waals surface area contributed by atoms with Crippen LogP contribution in [0.4, 0.5) is 0 Å². The van der Waals surface area contributed by atoms with Crippen LogP contribution in [0.2, 0.25) is 0 Å². The van der Waals surface area contributed by atoms with Crippen LogP contribution in [0.15, 0.2) is 0 Å². The largest absolute Gasteiger partial charge is 0.464 e. The summed E-state index contributed by atoms with van der Waals surface area (Å²) in [7, 11) is 0. The molecular weight excluding hydrogens is 278 g/mol. The molecule has 0 aliphatic carbocycles. The Morgan fingerprint density at radius 2 is 1.59 bits per heavy atom. The summed E-state index contributed by atoms with van der Waals surface area (Å²) in [4.78, 5) is 23.1. The van der Waals surface area contributed by atoms with Crippen molar-refractivity contribution in [2.24, 2.45) is 16.7 Å². The van der Waals surface area contributed by atoms with Crippen molar-refractivity contribution in [2.75, 3.05) is 13.2 Å². The molecule has 0 aliphatic rings. The van der Waals surface area contributed by atoms with Crippen molar-refractivity contribution >= 4 is 11.9 Å². The molecule has 0 aliphatic heterocycles. The van der Waals surface area contributed by atoms with Crippen molar-refractivity contribution in [3.05, 3.63) is 0 Å². The van der Waals surface area contributed by atoms with Crippen molar-refractivity contribution in [1.82, 2.24) is 5.32 Å². The summed E-state index contributed by atoms with van der Waals surface area (Å²) >= 11 is 0. The minimum absolute atomic E-state index is 0.0452. The monoisotopic (exact) mass is 313 g/mol. The normalized spacial score (nSPS) is 12.4. The van der Waals surface area contributed by atoms with E-state index in [9.17, 15) is 9.59 Å². The van der Waals surface area contributed by atoms with Crippen LogP contribution in [0.3, 0.4) is 0 Å². The molecule has 0 aromatic rings. The molecular formula is C18H35NO3. The fourth-order valence-corrected chi connectivity index (χ4v) is 1.80. The quantitative estimate of drug-likeness (QED) is 0.518. The lowest BCUT2D eigenvalue weighted by Gasteiger charge is -2.29. The summed E-state index contributed by atoms with van der Waals surface area (Å²) in [5.41, 5.74) is -0.114. The highest BCUT2D eigenvalue weighted by atomic mass is 16.5. The van der Waals surface area contributed by atoms with Crippen molar-refractivity contribution < 1.29 is 14.3 Å². The Morgan fingerprint density at radius 1 is 1.00 bits per heavy atom. The van der Waals surface area contributed by atoms with Gasteiger partial charge in [-0.3, -0.25) is 9.59 Å². The second kappa shape index (κ2) is 9.16. The van der Waals surface area contributed by atoms with Gasteiger partial charge in [0.25, 0.3) is 0 Å². The summed E-state index contributed by atoms with van der Waals surface area (Å²) in [5.74, 6) is 0.178. The highest BCUT2D eigenvalue weighted by Gasteiger charge is 2.22. The molecule has 4 nitrogen and oxygen atoms in total. The molecule has 0 rings (SSSR count). The van der Waals surface area contributed by atoms with Gasteiger partial charge in [-0.2, -0.15) is 0 Å². The minimum atomic E-state index is -0.483. The lowest BCUT2D eigenvalue weighted by molar-refractivity contribution is -0.144. The van der Waals surface area contributed by atoms with Gasteiger partial charge in [-0.05, 0) is 24.2 Å². The lowest BCUT2D eigenvalue weighted by Crippen LogP contribution is -2.38. The Morgan fingerprint density at radius 3 is 2.09 bits per heavy atom. The molecule has 1 N–H and O–H groups in total. The standard InChI is InChI=1S/C18H35NO3/c1-14(2)18(6,7)11-9-8-10-12-22-15(20)13-19-16(21)17(3,4)5/h14H,8-13H2,1-7H3,(H,19,21). The Bertz CT molecular complexity index is 354. The number of rotatable bonds is 9. The van der Waals surface area contributed by atoms with Gasteiger partial charge in [0.2, 0.25) is 5.91 Å². The van der Waals surface area contributed by atoms with Gasteiger partial charge in [-0.15, -0.1) is 0 Å². The molecule has 22 heavy (non-hydrogen) atoms. The molecule has 0 saturated carbocycles. The second-order valence-corrected chi connectivity index (χ2v) is 8.11. The average molecular weight is 313 g/mol. The van der Waals surface area contributed by atoms with E-state index in [2.05, 4.69) is 33.0 Å². The molecule has 0 atom stereocenters. The smallest absolute Gasteiger partial charge is 0.325 e. The predicted octanol–water partition coefficient (Wildman–Crippen LogP) is 3.93. The molecule has 0 bridgehead atoms. The van der Waals surface area contributed by atoms with Gasteiger partial charge in [-0.25, -0.2) is 0 Å². The number of nitrogens with one attached hydrogen (secondary N) is 1. The van der Waals surface area contributed by atoms with Crippen LogP contribution in [0.5, 0.6) is 0 Å². The van der Waals surface area contributed by atoms with E-state index in [1.165, 1.54) is 6.42 Å². The van der Waals surface area contributed by atoms with Crippen molar-refractivity contribution in [2.45, 2.75) is 74.1 Å². The number of esters is 1. The number of hydrogen-bond acceptors (Lipinski definition) is 3. The van der Waals surface area contributed by atoms with Gasteiger partial charge in [0.15, 0.2) is 0 Å². The number of carbonyl (C=O) groups excluding carboxylic acids is 2. The third-order valence-electron chi connectivity index (χ3n) is 4.37. The van der Waals surface area contributed by atoms with E-state index in [0.29, 0.717) is 17.9 Å². The third-order valence-corrected chi connectivity index (χ3v) is 4.37. The predicted molar refractivity (Wildman–Crippen MR) is 90.5 cm³/mol. The van der Waals surface area contributed by atoms with Crippen molar-refractivity contribution in [3.8, 4) is 0 Å². The van der Waals surface area contributed by atoms with Gasteiger partial charge in [0.1, 0.15) is 6.54 Å². The van der Waals surface area contributed by atoms with E-state index in [-0.39, 0.29) is 18.4 Å². The van der Waals surface area contributed by atoms with Gasteiger partial charge in [-0.1, -0.05) is 61.3 Å². The Labute approximate surface area is 136 Å². The fraction of sp³-hybridized carbons (Fsp3) is 0.889. The van der Waals surface area contributed by atoms with Crippen LogP contribution in [-0.4, -0.2) is 25.0 Å². The first-order valence-electron chi connectivity index (χ1n) is 8.41. The number of ether oxygens (including phenoxy) is 1. The van der Waals surface area contributed by atoms with Crippen molar-refractivity contribution in [1.29, 1.82) is 0 Å². The van der Waals surface area contributed by atoms with E-state index in [1.54, 1.807) is 0 Å². The summed E-state index contributed by atoms with van der Waals surface area (Å²) in [6.45, 7) is 14.9. The van der Waals surface area contributed by atoms with Crippen LogP contribution in [0, 0.1) is 16.7 Å². The topological polar surface area (TPSA) is 55.4 Å². The molecule has 130 valence electrons. The maximum atomic E-state index is 11.6. The highest BCUT2D eigenvalue weighted by molar-refractivity contribution is 5.85. The number of carbonyl (C=O) groups is 2. The minimum Gasteiger partial charge on any atom is -0.464 e. The molecule has 0 unspecified atom stereocenters. The first-order valence-corrected chi connectivity index (χ1v) is 8.41. The molecule has 0 spiro atoms. The van der Waals surface area contributed by atoms with Crippen LogP contribution in [-0.2, 0) is 14.3 Å². The lowest BCUT2D eigenvalue weighted by atomic mass is 9.77. The number of amides is 1. The van der Waals surface area contributed by atoms with E-state index < -0.39 is 5.41 Å². The van der Waals surface area contributed by atoms with Gasteiger partial charge in [0.05, 0.1) is 6.61 Å². The van der Waals surface area contributed by atoms with E-state index >= 15 is 0 Å².